The number of carbonyl (C=O) groups is 2. The van der Waals surface area contributed by atoms with Gasteiger partial charge in [0.1, 0.15) is 12.4 Å². The van der Waals surface area contributed by atoms with Crippen LogP contribution in [0.5, 0.6) is 5.75 Å². The molecule has 0 radical (unpaired) electrons. The number of amides is 1. The van der Waals surface area contributed by atoms with E-state index in [2.05, 4.69) is 0 Å². The molecular formula is C18H19NO4. The fraction of sp³-hybridized carbons (Fsp3) is 0.222. The largest absolute Gasteiger partial charge is 0.489 e. The lowest BCUT2D eigenvalue weighted by atomic mass is 10.1. The highest BCUT2D eigenvalue weighted by molar-refractivity contribution is 5.92. The van der Waals surface area contributed by atoms with Crippen molar-refractivity contribution >= 4 is 11.9 Å². The molecule has 2 aromatic rings. The fourth-order valence-electron chi connectivity index (χ4n) is 1.97. The van der Waals surface area contributed by atoms with Crippen molar-refractivity contribution in [1.29, 1.82) is 0 Å². The van der Waals surface area contributed by atoms with Gasteiger partial charge in [-0.1, -0.05) is 35.9 Å². The molecule has 0 unspecified atom stereocenters. The smallest absolute Gasteiger partial charge is 0.339 e. The molecule has 5 nitrogen and oxygen atoms in total. The van der Waals surface area contributed by atoms with E-state index in [0.29, 0.717) is 17.9 Å². The molecule has 0 fully saturated rings. The van der Waals surface area contributed by atoms with E-state index in [9.17, 15) is 9.59 Å². The van der Waals surface area contributed by atoms with Crippen LogP contribution in [-0.4, -0.2) is 18.0 Å². The van der Waals surface area contributed by atoms with Crippen LogP contribution >= 0.6 is 0 Å². The summed E-state index contributed by atoms with van der Waals surface area (Å²) in [6, 6.07) is 14.6. The molecule has 0 saturated heterocycles. The van der Waals surface area contributed by atoms with Crippen LogP contribution in [0.15, 0.2) is 48.5 Å². The van der Waals surface area contributed by atoms with Gasteiger partial charge in [-0.15, -0.1) is 0 Å². The quantitative estimate of drug-likeness (QED) is 0.831. The summed E-state index contributed by atoms with van der Waals surface area (Å²) in [6.45, 7) is 3.84. The van der Waals surface area contributed by atoms with E-state index in [1.165, 1.54) is 6.92 Å². The summed E-state index contributed by atoms with van der Waals surface area (Å²) in [5, 5.41) is 0. The average Bonchev–Trinajstić information content (AvgIpc) is 2.53. The Kier molecular flexibility index (Phi) is 5.36. The standard InChI is InChI=1S/C18H19NO4/c1-12-5-3-6-14(9-12)11-22-16-8-4-7-15(10-16)18(21)23-13(2)17(19)20/h3-10,13H,11H2,1-2H3,(H2,19,20)/t13-/m0/s1. The highest BCUT2D eigenvalue weighted by Crippen LogP contribution is 2.17. The molecule has 2 N–H and O–H groups in total. The number of rotatable bonds is 6. The molecule has 0 aliphatic rings. The number of ether oxygens (including phenoxy) is 2. The minimum absolute atomic E-state index is 0.305. The lowest BCUT2D eigenvalue weighted by molar-refractivity contribution is -0.125. The van der Waals surface area contributed by atoms with Gasteiger partial charge in [0.25, 0.3) is 5.91 Å². The maximum Gasteiger partial charge on any atom is 0.339 e. The molecule has 120 valence electrons. The summed E-state index contributed by atoms with van der Waals surface area (Å²) in [4.78, 5) is 22.9. The first-order valence-electron chi connectivity index (χ1n) is 7.24. The predicted octanol–water partition coefficient (Wildman–Crippen LogP) is 2.60. The molecule has 0 spiro atoms. The lowest BCUT2D eigenvalue weighted by Crippen LogP contribution is -2.30. The number of carbonyl (C=O) groups excluding carboxylic acids is 2. The molecule has 2 rings (SSSR count). The van der Waals surface area contributed by atoms with Crippen LogP contribution in [0.25, 0.3) is 0 Å². The van der Waals surface area contributed by atoms with Gasteiger partial charge in [0.05, 0.1) is 5.56 Å². The first-order chi connectivity index (χ1) is 11.0. The van der Waals surface area contributed by atoms with Crippen molar-refractivity contribution in [3.05, 3.63) is 65.2 Å². The van der Waals surface area contributed by atoms with Gasteiger partial charge < -0.3 is 15.2 Å². The van der Waals surface area contributed by atoms with Gasteiger partial charge in [-0.05, 0) is 37.6 Å². The number of nitrogens with two attached hydrogens (primary N) is 1. The Morgan fingerprint density at radius 1 is 1.13 bits per heavy atom. The Bertz CT molecular complexity index is 712. The van der Waals surface area contributed by atoms with Gasteiger partial charge in [-0.25, -0.2) is 4.79 Å². The second-order valence-electron chi connectivity index (χ2n) is 5.26. The van der Waals surface area contributed by atoms with E-state index in [0.717, 1.165) is 11.1 Å². The molecule has 5 heteroatoms. The topological polar surface area (TPSA) is 78.6 Å². The first kappa shape index (κ1) is 16.5. The van der Waals surface area contributed by atoms with Crippen molar-refractivity contribution in [2.45, 2.75) is 26.6 Å². The SMILES string of the molecule is Cc1cccc(COc2cccc(C(=O)O[C@@H](C)C(N)=O)c2)c1. The summed E-state index contributed by atoms with van der Waals surface area (Å²) < 4.78 is 10.7. The van der Waals surface area contributed by atoms with Crippen molar-refractivity contribution in [3.63, 3.8) is 0 Å². The van der Waals surface area contributed by atoms with Crippen LogP contribution < -0.4 is 10.5 Å². The molecule has 0 heterocycles. The number of primary amides is 1. The fourth-order valence-corrected chi connectivity index (χ4v) is 1.97. The molecule has 0 bridgehead atoms. The van der Waals surface area contributed by atoms with Crippen LogP contribution in [0.1, 0.15) is 28.4 Å². The van der Waals surface area contributed by atoms with Crippen LogP contribution in [0.3, 0.4) is 0 Å². The Morgan fingerprint density at radius 2 is 1.87 bits per heavy atom. The molecule has 0 aliphatic carbocycles. The predicted molar refractivity (Wildman–Crippen MR) is 86.0 cm³/mol. The summed E-state index contributed by atoms with van der Waals surface area (Å²) in [7, 11) is 0. The minimum Gasteiger partial charge on any atom is -0.489 e. The Morgan fingerprint density at radius 3 is 2.57 bits per heavy atom. The zero-order chi connectivity index (χ0) is 16.8. The Balaban J connectivity index is 2.02. The molecule has 1 amide bonds. The molecule has 1 atom stereocenters. The second-order valence-corrected chi connectivity index (χ2v) is 5.26. The van der Waals surface area contributed by atoms with E-state index in [1.54, 1.807) is 24.3 Å². The van der Waals surface area contributed by atoms with E-state index in [-0.39, 0.29) is 0 Å². The second kappa shape index (κ2) is 7.45. The molecule has 2 aromatic carbocycles. The zero-order valence-corrected chi connectivity index (χ0v) is 13.1. The molecule has 23 heavy (non-hydrogen) atoms. The summed E-state index contributed by atoms with van der Waals surface area (Å²) >= 11 is 0. The summed E-state index contributed by atoms with van der Waals surface area (Å²) in [5.41, 5.74) is 7.58. The van der Waals surface area contributed by atoms with Crippen LogP contribution in [-0.2, 0) is 16.1 Å². The maximum absolute atomic E-state index is 11.9. The highest BCUT2D eigenvalue weighted by atomic mass is 16.5. The van der Waals surface area contributed by atoms with Crippen molar-refractivity contribution in [3.8, 4) is 5.75 Å². The zero-order valence-electron chi connectivity index (χ0n) is 13.1. The van der Waals surface area contributed by atoms with Crippen LogP contribution in [0, 0.1) is 6.92 Å². The van der Waals surface area contributed by atoms with Gasteiger partial charge in [0, 0.05) is 0 Å². The Labute approximate surface area is 135 Å². The van der Waals surface area contributed by atoms with E-state index >= 15 is 0 Å². The molecule has 0 aromatic heterocycles. The first-order valence-corrected chi connectivity index (χ1v) is 7.24. The van der Waals surface area contributed by atoms with Gasteiger partial charge in [0.2, 0.25) is 0 Å². The third kappa shape index (κ3) is 4.85. The van der Waals surface area contributed by atoms with Crippen molar-refractivity contribution in [2.24, 2.45) is 5.73 Å². The number of hydrogen-bond acceptors (Lipinski definition) is 4. The van der Waals surface area contributed by atoms with Gasteiger partial charge >= 0.3 is 5.97 Å². The monoisotopic (exact) mass is 313 g/mol. The number of esters is 1. The van der Waals surface area contributed by atoms with Crippen LogP contribution in [0.2, 0.25) is 0 Å². The molecule has 0 saturated carbocycles. The average molecular weight is 313 g/mol. The van der Waals surface area contributed by atoms with Crippen LogP contribution in [0.4, 0.5) is 0 Å². The van der Waals surface area contributed by atoms with Gasteiger partial charge in [-0.2, -0.15) is 0 Å². The number of benzene rings is 2. The van der Waals surface area contributed by atoms with E-state index < -0.39 is 18.0 Å². The Hall–Kier alpha value is -2.82. The van der Waals surface area contributed by atoms with Crippen molar-refractivity contribution in [1.82, 2.24) is 0 Å². The van der Waals surface area contributed by atoms with E-state index in [1.807, 2.05) is 31.2 Å². The lowest BCUT2D eigenvalue weighted by Gasteiger charge is -2.11. The number of hydrogen-bond donors (Lipinski definition) is 1. The van der Waals surface area contributed by atoms with Crippen molar-refractivity contribution < 1.29 is 19.1 Å². The van der Waals surface area contributed by atoms with E-state index in [4.69, 9.17) is 15.2 Å². The normalized spacial score (nSPS) is 11.6. The third-order valence-corrected chi connectivity index (χ3v) is 3.24. The number of aryl methyl sites for hydroxylation is 1. The van der Waals surface area contributed by atoms with Crippen molar-refractivity contribution in [2.75, 3.05) is 0 Å². The highest BCUT2D eigenvalue weighted by Gasteiger charge is 2.16. The van der Waals surface area contributed by atoms with Gasteiger partial charge in [-0.3, -0.25) is 4.79 Å². The molecular weight excluding hydrogens is 294 g/mol. The minimum atomic E-state index is -0.973. The third-order valence-electron chi connectivity index (χ3n) is 3.24. The summed E-state index contributed by atoms with van der Waals surface area (Å²) in [6.07, 6.45) is -0.973. The van der Waals surface area contributed by atoms with Gasteiger partial charge in [0.15, 0.2) is 6.10 Å². The summed E-state index contributed by atoms with van der Waals surface area (Å²) in [5.74, 6) is -0.754. The molecule has 0 aliphatic heterocycles. The maximum atomic E-state index is 11.9.